The second-order valence-corrected chi connectivity index (χ2v) is 4.16. The van der Waals surface area contributed by atoms with Crippen LogP contribution < -0.4 is 4.74 Å². The maximum Gasteiger partial charge on any atom is 0.163 e. The molecule has 0 aliphatic rings. The maximum absolute atomic E-state index is 11.6. The van der Waals surface area contributed by atoms with Crippen LogP contribution in [-0.2, 0) is 0 Å². The van der Waals surface area contributed by atoms with Crippen LogP contribution in [0, 0.1) is 6.92 Å². The van der Waals surface area contributed by atoms with Crippen LogP contribution in [0.2, 0.25) is 0 Å². The molecule has 0 atom stereocenters. The maximum atomic E-state index is 11.6. The van der Waals surface area contributed by atoms with Gasteiger partial charge in [-0.15, -0.1) is 0 Å². The van der Waals surface area contributed by atoms with E-state index in [1.807, 2.05) is 37.3 Å². The molecule has 0 radical (unpaired) electrons. The van der Waals surface area contributed by atoms with Crippen molar-refractivity contribution in [3.8, 4) is 16.9 Å². The molecule has 1 heterocycles. The van der Waals surface area contributed by atoms with Gasteiger partial charge in [0, 0.05) is 17.5 Å². The van der Waals surface area contributed by atoms with Crippen molar-refractivity contribution in [1.29, 1.82) is 0 Å². The first-order chi connectivity index (χ1) is 8.61. The number of hydrogen-bond donors (Lipinski definition) is 0. The van der Waals surface area contributed by atoms with Crippen molar-refractivity contribution < 1.29 is 9.53 Å². The molecule has 92 valence electrons. The number of ether oxygens (including phenoxy) is 1. The molecule has 3 heteroatoms. The van der Waals surface area contributed by atoms with Crippen molar-refractivity contribution in [2.24, 2.45) is 0 Å². The van der Waals surface area contributed by atoms with Gasteiger partial charge in [0.15, 0.2) is 5.78 Å². The van der Waals surface area contributed by atoms with Gasteiger partial charge < -0.3 is 4.74 Å². The monoisotopic (exact) mass is 241 g/mol. The van der Waals surface area contributed by atoms with E-state index in [2.05, 4.69) is 4.98 Å². The molecule has 1 aromatic heterocycles. The molecule has 1 aromatic carbocycles. The van der Waals surface area contributed by atoms with Crippen LogP contribution in [0.1, 0.15) is 23.0 Å². The highest BCUT2D eigenvalue weighted by atomic mass is 16.5. The Kier molecular flexibility index (Phi) is 3.42. The first kappa shape index (κ1) is 12.3. The number of carbonyl (C=O) groups excluding carboxylic acids is 1. The van der Waals surface area contributed by atoms with Gasteiger partial charge in [0.2, 0.25) is 0 Å². The smallest absolute Gasteiger partial charge is 0.163 e. The SMILES string of the molecule is COc1ccc(-c2ccc(C)nc2)cc1C(C)=O. The molecule has 0 saturated heterocycles. The minimum absolute atomic E-state index is 0.00577. The van der Waals surface area contributed by atoms with E-state index in [0.29, 0.717) is 11.3 Å². The van der Waals surface area contributed by atoms with E-state index < -0.39 is 0 Å². The van der Waals surface area contributed by atoms with Crippen molar-refractivity contribution in [3.63, 3.8) is 0 Å². The van der Waals surface area contributed by atoms with E-state index in [-0.39, 0.29) is 5.78 Å². The van der Waals surface area contributed by atoms with Gasteiger partial charge in [-0.05, 0) is 37.6 Å². The summed E-state index contributed by atoms with van der Waals surface area (Å²) in [5.41, 5.74) is 3.52. The van der Waals surface area contributed by atoms with E-state index in [0.717, 1.165) is 16.8 Å². The Morgan fingerprint density at radius 2 is 1.89 bits per heavy atom. The lowest BCUT2D eigenvalue weighted by atomic mass is 10.0. The normalized spacial score (nSPS) is 10.2. The number of Topliss-reactive ketones (excluding diaryl/α,β-unsaturated/α-hetero) is 1. The summed E-state index contributed by atoms with van der Waals surface area (Å²) >= 11 is 0. The van der Waals surface area contributed by atoms with Gasteiger partial charge in [-0.2, -0.15) is 0 Å². The van der Waals surface area contributed by atoms with Gasteiger partial charge >= 0.3 is 0 Å². The Morgan fingerprint density at radius 1 is 1.17 bits per heavy atom. The fraction of sp³-hybridized carbons (Fsp3) is 0.200. The summed E-state index contributed by atoms with van der Waals surface area (Å²) in [6.07, 6.45) is 1.81. The Balaban J connectivity index is 2.49. The first-order valence-electron chi connectivity index (χ1n) is 5.74. The van der Waals surface area contributed by atoms with E-state index >= 15 is 0 Å². The lowest BCUT2D eigenvalue weighted by Crippen LogP contribution is -1.98. The lowest BCUT2D eigenvalue weighted by molar-refractivity contribution is 0.101. The average molecular weight is 241 g/mol. The van der Waals surface area contributed by atoms with Crippen LogP contribution >= 0.6 is 0 Å². The zero-order valence-electron chi connectivity index (χ0n) is 10.7. The molecule has 0 fully saturated rings. The second-order valence-electron chi connectivity index (χ2n) is 4.16. The number of ketones is 1. The fourth-order valence-electron chi connectivity index (χ4n) is 1.80. The number of carbonyl (C=O) groups is 1. The number of methoxy groups -OCH3 is 1. The predicted octanol–water partition coefficient (Wildman–Crippen LogP) is 3.27. The third-order valence-corrected chi connectivity index (χ3v) is 2.82. The minimum atomic E-state index is -0.00577. The van der Waals surface area contributed by atoms with E-state index in [1.54, 1.807) is 13.3 Å². The minimum Gasteiger partial charge on any atom is -0.496 e. The Bertz CT molecular complexity index is 574. The molecular weight excluding hydrogens is 226 g/mol. The number of aryl methyl sites for hydroxylation is 1. The topological polar surface area (TPSA) is 39.2 Å². The highest BCUT2D eigenvalue weighted by Crippen LogP contribution is 2.26. The van der Waals surface area contributed by atoms with Crippen molar-refractivity contribution in [2.75, 3.05) is 7.11 Å². The molecule has 0 aliphatic carbocycles. The zero-order chi connectivity index (χ0) is 13.1. The van der Waals surface area contributed by atoms with Crippen LogP contribution in [0.5, 0.6) is 5.75 Å². The van der Waals surface area contributed by atoms with Gasteiger partial charge in [-0.1, -0.05) is 12.1 Å². The van der Waals surface area contributed by atoms with Crippen LogP contribution in [0.15, 0.2) is 36.5 Å². The number of aromatic nitrogens is 1. The average Bonchev–Trinajstić information content (AvgIpc) is 2.39. The summed E-state index contributed by atoms with van der Waals surface area (Å²) in [6, 6.07) is 9.53. The van der Waals surface area contributed by atoms with Gasteiger partial charge in [-0.25, -0.2) is 0 Å². The number of rotatable bonds is 3. The highest BCUT2D eigenvalue weighted by Gasteiger charge is 2.09. The van der Waals surface area contributed by atoms with Crippen molar-refractivity contribution in [2.45, 2.75) is 13.8 Å². The molecule has 0 N–H and O–H groups in total. The number of pyridine rings is 1. The Labute approximate surface area is 106 Å². The van der Waals surface area contributed by atoms with Crippen LogP contribution in [0.4, 0.5) is 0 Å². The summed E-state index contributed by atoms with van der Waals surface area (Å²) in [5.74, 6) is 0.597. The molecule has 0 aliphatic heterocycles. The third kappa shape index (κ3) is 2.40. The van der Waals surface area contributed by atoms with Gasteiger partial charge in [0.05, 0.1) is 12.7 Å². The molecule has 0 saturated carbocycles. The quantitative estimate of drug-likeness (QED) is 0.774. The largest absolute Gasteiger partial charge is 0.496 e. The van der Waals surface area contributed by atoms with Gasteiger partial charge in [0.1, 0.15) is 5.75 Å². The lowest BCUT2D eigenvalue weighted by Gasteiger charge is -2.08. The molecule has 0 amide bonds. The van der Waals surface area contributed by atoms with Crippen molar-refractivity contribution in [3.05, 3.63) is 47.8 Å². The van der Waals surface area contributed by atoms with Crippen molar-refractivity contribution >= 4 is 5.78 Å². The zero-order valence-corrected chi connectivity index (χ0v) is 10.7. The second kappa shape index (κ2) is 5.00. The predicted molar refractivity (Wildman–Crippen MR) is 71.0 cm³/mol. The Hall–Kier alpha value is -2.16. The summed E-state index contributed by atoms with van der Waals surface area (Å²) in [4.78, 5) is 15.8. The fourth-order valence-corrected chi connectivity index (χ4v) is 1.80. The number of nitrogens with zero attached hydrogens (tertiary/aromatic N) is 1. The first-order valence-corrected chi connectivity index (χ1v) is 5.74. The van der Waals surface area contributed by atoms with Crippen LogP contribution in [0.3, 0.4) is 0 Å². The summed E-state index contributed by atoms with van der Waals surface area (Å²) in [6.45, 7) is 3.48. The molecule has 0 unspecified atom stereocenters. The molecular formula is C15H15NO2. The van der Waals surface area contributed by atoms with E-state index in [1.165, 1.54) is 6.92 Å². The highest BCUT2D eigenvalue weighted by molar-refractivity contribution is 5.98. The molecule has 2 aromatic rings. The Morgan fingerprint density at radius 3 is 2.44 bits per heavy atom. The van der Waals surface area contributed by atoms with Crippen molar-refractivity contribution in [1.82, 2.24) is 4.98 Å². The molecule has 3 nitrogen and oxygen atoms in total. The molecule has 0 bridgehead atoms. The summed E-state index contributed by atoms with van der Waals surface area (Å²) < 4.78 is 5.18. The molecule has 2 rings (SSSR count). The third-order valence-electron chi connectivity index (χ3n) is 2.82. The summed E-state index contributed by atoms with van der Waals surface area (Å²) in [7, 11) is 1.56. The van der Waals surface area contributed by atoms with Crippen LogP contribution in [-0.4, -0.2) is 17.9 Å². The van der Waals surface area contributed by atoms with Crippen LogP contribution in [0.25, 0.3) is 11.1 Å². The number of hydrogen-bond acceptors (Lipinski definition) is 3. The molecule has 18 heavy (non-hydrogen) atoms. The summed E-state index contributed by atoms with van der Waals surface area (Å²) in [5, 5.41) is 0. The van der Waals surface area contributed by atoms with Gasteiger partial charge in [-0.3, -0.25) is 9.78 Å². The standard InChI is InChI=1S/C15H15NO2/c1-10-4-5-13(9-16-10)12-6-7-15(18-3)14(8-12)11(2)17/h4-9H,1-3H3. The van der Waals surface area contributed by atoms with Gasteiger partial charge in [0.25, 0.3) is 0 Å². The van der Waals surface area contributed by atoms with E-state index in [4.69, 9.17) is 4.74 Å². The number of benzene rings is 1. The molecule has 0 spiro atoms. The van der Waals surface area contributed by atoms with E-state index in [9.17, 15) is 4.79 Å².